The van der Waals surface area contributed by atoms with Crippen molar-refractivity contribution >= 4 is 12.0 Å². The van der Waals surface area contributed by atoms with Crippen LogP contribution in [0.3, 0.4) is 0 Å². The summed E-state index contributed by atoms with van der Waals surface area (Å²) in [6, 6.07) is 11.1. The van der Waals surface area contributed by atoms with Gasteiger partial charge in [-0.2, -0.15) is 0 Å². The van der Waals surface area contributed by atoms with Gasteiger partial charge >= 0.3 is 0 Å². The van der Waals surface area contributed by atoms with Crippen molar-refractivity contribution in [2.24, 2.45) is 0 Å². The Morgan fingerprint density at radius 2 is 2.10 bits per heavy atom. The van der Waals surface area contributed by atoms with Gasteiger partial charge in [0.25, 0.3) is 0 Å². The minimum atomic E-state index is 0.193. The summed E-state index contributed by atoms with van der Waals surface area (Å²) in [5, 5.41) is 3.04. The van der Waals surface area contributed by atoms with Gasteiger partial charge < -0.3 is 5.32 Å². The Bertz CT molecular complexity index is 453. The molecule has 0 aliphatic carbocycles. The first-order valence-corrected chi connectivity index (χ1v) is 7.40. The first-order chi connectivity index (χ1) is 9.65. The molecule has 1 saturated heterocycles. The first kappa shape index (κ1) is 14.8. The molecule has 1 aromatic rings. The summed E-state index contributed by atoms with van der Waals surface area (Å²) in [4.78, 5) is 13.7. The molecule has 1 amide bonds. The molecular weight excluding hydrogens is 248 g/mol. The first-order valence-electron chi connectivity index (χ1n) is 7.40. The van der Waals surface area contributed by atoms with Crippen molar-refractivity contribution in [1.82, 2.24) is 10.2 Å². The lowest BCUT2D eigenvalue weighted by atomic mass is 10.1. The van der Waals surface area contributed by atoms with E-state index in [0.717, 1.165) is 19.5 Å². The van der Waals surface area contributed by atoms with Gasteiger partial charge in [-0.25, -0.2) is 0 Å². The summed E-state index contributed by atoms with van der Waals surface area (Å²) in [6.07, 6.45) is 6.00. The average Bonchev–Trinajstić information content (AvgIpc) is 2.84. The van der Waals surface area contributed by atoms with Crippen molar-refractivity contribution < 1.29 is 4.79 Å². The molecule has 0 radical (unpaired) electrons. The Labute approximate surface area is 121 Å². The van der Waals surface area contributed by atoms with E-state index in [0.29, 0.717) is 18.5 Å². The Kier molecular flexibility index (Phi) is 5.36. The SMILES string of the molecule is CC(C)N(CC=Cc1ccccc1)CC1CCC(=O)N1. The molecule has 20 heavy (non-hydrogen) atoms. The molecule has 0 bridgehead atoms. The molecule has 2 rings (SSSR count). The van der Waals surface area contributed by atoms with Crippen LogP contribution in [0.5, 0.6) is 0 Å². The third-order valence-corrected chi connectivity index (χ3v) is 3.72. The van der Waals surface area contributed by atoms with Crippen molar-refractivity contribution in [3.05, 3.63) is 42.0 Å². The molecule has 1 heterocycles. The summed E-state index contributed by atoms with van der Waals surface area (Å²) in [7, 11) is 0. The Hall–Kier alpha value is -1.61. The van der Waals surface area contributed by atoms with E-state index in [1.54, 1.807) is 0 Å². The molecule has 0 aromatic heterocycles. The highest BCUT2D eigenvalue weighted by Crippen LogP contribution is 2.11. The number of nitrogens with zero attached hydrogens (tertiary/aromatic N) is 1. The molecule has 0 spiro atoms. The van der Waals surface area contributed by atoms with Crippen LogP contribution < -0.4 is 5.32 Å². The van der Waals surface area contributed by atoms with Gasteiger partial charge in [0, 0.05) is 31.6 Å². The van der Waals surface area contributed by atoms with E-state index in [-0.39, 0.29) is 5.91 Å². The van der Waals surface area contributed by atoms with Crippen molar-refractivity contribution in [2.75, 3.05) is 13.1 Å². The lowest BCUT2D eigenvalue weighted by molar-refractivity contribution is -0.119. The van der Waals surface area contributed by atoms with E-state index >= 15 is 0 Å². The van der Waals surface area contributed by atoms with Crippen molar-refractivity contribution in [2.45, 2.75) is 38.8 Å². The highest BCUT2D eigenvalue weighted by atomic mass is 16.1. The molecule has 0 saturated carbocycles. The van der Waals surface area contributed by atoms with Gasteiger partial charge in [-0.3, -0.25) is 9.69 Å². The van der Waals surface area contributed by atoms with Gasteiger partial charge in [-0.1, -0.05) is 42.5 Å². The largest absolute Gasteiger partial charge is 0.352 e. The maximum absolute atomic E-state index is 11.3. The molecule has 1 fully saturated rings. The molecule has 108 valence electrons. The van der Waals surface area contributed by atoms with Crippen LogP contribution in [0, 0.1) is 0 Å². The van der Waals surface area contributed by atoms with Gasteiger partial charge in [0.1, 0.15) is 0 Å². The second kappa shape index (κ2) is 7.25. The summed E-state index contributed by atoms with van der Waals surface area (Å²) in [5.74, 6) is 0.193. The maximum atomic E-state index is 11.3. The number of hydrogen-bond acceptors (Lipinski definition) is 2. The summed E-state index contributed by atoms with van der Waals surface area (Å²) in [6.45, 7) is 6.25. The normalized spacial score (nSPS) is 19.2. The number of benzene rings is 1. The van der Waals surface area contributed by atoms with Crippen LogP contribution >= 0.6 is 0 Å². The van der Waals surface area contributed by atoms with Crippen LogP contribution in [-0.4, -0.2) is 36.0 Å². The molecule has 1 aliphatic rings. The van der Waals surface area contributed by atoms with Gasteiger partial charge in [-0.15, -0.1) is 0 Å². The fraction of sp³-hybridized carbons (Fsp3) is 0.471. The van der Waals surface area contributed by atoms with Gasteiger partial charge in [0.05, 0.1) is 0 Å². The molecule has 3 heteroatoms. The standard InChI is InChI=1S/C17H24N2O/c1-14(2)19(13-16-10-11-17(20)18-16)12-6-9-15-7-4-3-5-8-15/h3-9,14,16H,10-13H2,1-2H3,(H,18,20). The third kappa shape index (κ3) is 4.49. The number of nitrogens with one attached hydrogen (secondary N) is 1. The van der Waals surface area contributed by atoms with E-state index in [4.69, 9.17) is 0 Å². The fourth-order valence-electron chi connectivity index (χ4n) is 2.48. The van der Waals surface area contributed by atoms with Crippen LogP contribution in [0.1, 0.15) is 32.3 Å². The molecule has 1 N–H and O–H groups in total. The van der Waals surface area contributed by atoms with E-state index in [9.17, 15) is 4.79 Å². The number of carbonyl (C=O) groups excluding carboxylic acids is 1. The molecule has 3 nitrogen and oxygen atoms in total. The Balaban J connectivity index is 1.86. The van der Waals surface area contributed by atoms with Gasteiger partial charge in [0.15, 0.2) is 0 Å². The predicted octanol–water partition coefficient (Wildman–Crippen LogP) is 2.69. The number of hydrogen-bond donors (Lipinski definition) is 1. The highest BCUT2D eigenvalue weighted by molar-refractivity contribution is 5.78. The average molecular weight is 272 g/mol. The molecule has 1 aromatic carbocycles. The van der Waals surface area contributed by atoms with E-state index in [2.05, 4.69) is 48.3 Å². The van der Waals surface area contributed by atoms with Crippen molar-refractivity contribution in [1.29, 1.82) is 0 Å². The minimum absolute atomic E-state index is 0.193. The number of rotatable bonds is 6. The Morgan fingerprint density at radius 1 is 1.35 bits per heavy atom. The fourth-order valence-corrected chi connectivity index (χ4v) is 2.48. The monoisotopic (exact) mass is 272 g/mol. The van der Waals surface area contributed by atoms with E-state index < -0.39 is 0 Å². The quantitative estimate of drug-likeness (QED) is 0.863. The second-order valence-corrected chi connectivity index (χ2v) is 5.66. The number of amides is 1. The van der Waals surface area contributed by atoms with Crippen LogP contribution in [-0.2, 0) is 4.79 Å². The Morgan fingerprint density at radius 3 is 2.70 bits per heavy atom. The smallest absolute Gasteiger partial charge is 0.220 e. The van der Waals surface area contributed by atoms with Crippen LogP contribution in [0.4, 0.5) is 0 Å². The molecule has 1 atom stereocenters. The zero-order valence-electron chi connectivity index (χ0n) is 12.4. The lowest BCUT2D eigenvalue weighted by Gasteiger charge is -2.27. The van der Waals surface area contributed by atoms with Gasteiger partial charge in [-0.05, 0) is 25.8 Å². The van der Waals surface area contributed by atoms with Crippen molar-refractivity contribution in [3.63, 3.8) is 0 Å². The van der Waals surface area contributed by atoms with E-state index in [1.807, 2.05) is 18.2 Å². The van der Waals surface area contributed by atoms with Gasteiger partial charge in [0.2, 0.25) is 5.91 Å². The third-order valence-electron chi connectivity index (χ3n) is 3.72. The number of carbonyl (C=O) groups is 1. The summed E-state index contributed by atoms with van der Waals surface area (Å²) in [5.41, 5.74) is 1.23. The molecule has 1 aliphatic heterocycles. The molecule has 1 unspecified atom stereocenters. The predicted molar refractivity (Wildman–Crippen MR) is 83.3 cm³/mol. The summed E-state index contributed by atoms with van der Waals surface area (Å²) < 4.78 is 0. The second-order valence-electron chi connectivity index (χ2n) is 5.66. The van der Waals surface area contributed by atoms with Crippen LogP contribution in [0.15, 0.2) is 36.4 Å². The van der Waals surface area contributed by atoms with Crippen LogP contribution in [0.2, 0.25) is 0 Å². The van der Waals surface area contributed by atoms with Crippen molar-refractivity contribution in [3.8, 4) is 0 Å². The topological polar surface area (TPSA) is 32.3 Å². The van der Waals surface area contributed by atoms with E-state index in [1.165, 1.54) is 5.56 Å². The minimum Gasteiger partial charge on any atom is -0.352 e. The summed E-state index contributed by atoms with van der Waals surface area (Å²) >= 11 is 0. The maximum Gasteiger partial charge on any atom is 0.220 e. The zero-order chi connectivity index (χ0) is 14.4. The lowest BCUT2D eigenvalue weighted by Crippen LogP contribution is -2.42. The molecular formula is C17H24N2O. The highest BCUT2D eigenvalue weighted by Gasteiger charge is 2.23. The zero-order valence-corrected chi connectivity index (χ0v) is 12.4. The van der Waals surface area contributed by atoms with Crippen LogP contribution in [0.25, 0.3) is 6.08 Å².